The van der Waals surface area contributed by atoms with E-state index in [1.807, 2.05) is 4.90 Å². The lowest BCUT2D eigenvalue weighted by Gasteiger charge is -2.12. The van der Waals surface area contributed by atoms with Crippen LogP contribution in [0.25, 0.3) is 0 Å². The molecule has 2 atom stereocenters. The second kappa shape index (κ2) is 4.48. The summed E-state index contributed by atoms with van der Waals surface area (Å²) in [5, 5.41) is 3.00. The van der Waals surface area contributed by atoms with Crippen LogP contribution in [0.1, 0.15) is 29.6 Å². The molecule has 1 aliphatic carbocycles. The molecule has 2 heterocycles. The van der Waals surface area contributed by atoms with Crippen molar-refractivity contribution in [1.29, 1.82) is 0 Å². The lowest BCUT2D eigenvalue weighted by molar-refractivity contribution is -0.129. The number of nitrogens with zero attached hydrogens (tertiary/aromatic N) is 1. The smallest absolute Gasteiger partial charge is 0.253 e. The molecule has 96 valence electrons. The minimum absolute atomic E-state index is 0.0546. The summed E-state index contributed by atoms with van der Waals surface area (Å²) in [5.41, 5.74) is 0.649. The average molecular weight is 247 g/mol. The van der Waals surface area contributed by atoms with E-state index in [0.717, 1.165) is 32.4 Å². The molecule has 1 aromatic heterocycles. The van der Waals surface area contributed by atoms with Crippen LogP contribution < -0.4 is 5.32 Å². The van der Waals surface area contributed by atoms with Crippen molar-refractivity contribution in [3.05, 3.63) is 24.0 Å². The van der Waals surface area contributed by atoms with E-state index in [4.69, 9.17) is 0 Å². The number of aromatic amines is 1. The molecule has 2 amide bonds. The SMILES string of the molecule is O=C(N[C@@H]1CC[C@H](C(=O)N2CC2)C1)c1cc[nH]c1. The Morgan fingerprint density at radius 2 is 2.17 bits per heavy atom. The van der Waals surface area contributed by atoms with E-state index in [9.17, 15) is 9.59 Å². The summed E-state index contributed by atoms with van der Waals surface area (Å²) in [6, 6.07) is 1.89. The van der Waals surface area contributed by atoms with E-state index < -0.39 is 0 Å². The molecule has 5 nitrogen and oxygen atoms in total. The van der Waals surface area contributed by atoms with Gasteiger partial charge in [0.05, 0.1) is 5.56 Å². The number of aromatic nitrogens is 1. The van der Waals surface area contributed by atoms with Crippen LogP contribution in [0.4, 0.5) is 0 Å². The average Bonchev–Trinajstić information content (AvgIpc) is 2.90. The number of rotatable bonds is 3. The fourth-order valence-electron chi connectivity index (χ4n) is 2.60. The molecule has 3 rings (SSSR count). The van der Waals surface area contributed by atoms with E-state index in [1.165, 1.54) is 0 Å². The van der Waals surface area contributed by atoms with Gasteiger partial charge >= 0.3 is 0 Å². The first-order chi connectivity index (χ1) is 8.74. The van der Waals surface area contributed by atoms with Gasteiger partial charge < -0.3 is 15.2 Å². The third kappa shape index (κ3) is 2.25. The first kappa shape index (κ1) is 11.3. The van der Waals surface area contributed by atoms with Crippen molar-refractivity contribution in [3.8, 4) is 0 Å². The van der Waals surface area contributed by atoms with E-state index in [1.54, 1.807) is 18.5 Å². The molecule has 2 aliphatic rings. The Morgan fingerprint density at radius 1 is 1.33 bits per heavy atom. The zero-order valence-corrected chi connectivity index (χ0v) is 10.2. The fourth-order valence-corrected chi connectivity index (χ4v) is 2.60. The van der Waals surface area contributed by atoms with E-state index in [-0.39, 0.29) is 23.8 Å². The Bertz CT molecular complexity index is 451. The first-order valence-corrected chi connectivity index (χ1v) is 6.46. The number of hydrogen-bond acceptors (Lipinski definition) is 2. The standard InChI is InChI=1S/C13H17N3O2/c17-12(10-3-4-14-8-10)15-11-2-1-9(7-11)13(18)16-5-6-16/h3-4,8-9,11,14H,1-2,5-7H2,(H,15,17)/t9-,11+/m0/s1. The van der Waals surface area contributed by atoms with Gasteiger partial charge in [0.1, 0.15) is 0 Å². The Morgan fingerprint density at radius 3 is 2.83 bits per heavy atom. The lowest BCUT2D eigenvalue weighted by Crippen LogP contribution is -2.33. The summed E-state index contributed by atoms with van der Waals surface area (Å²) < 4.78 is 0. The monoisotopic (exact) mass is 247 g/mol. The summed E-state index contributed by atoms with van der Waals surface area (Å²) >= 11 is 0. The van der Waals surface area contributed by atoms with E-state index >= 15 is 0 Å². The summed E-state index contributed by atoms with van der Waals surface area (Å²) in [5.74, 6) is 0.332. The summed E-state index contributed by atoms with van der Waals surface area (Å²) in [4.78, 5) is 28.5. The predicted octanol–water partition coefficient (Wildman–Crippen LogP) is 0.755. The molecule has 1 saturated heterocycles. The van der Waals surface area contributed by atoms with Crippen molar-refractivity contribution in [2.45, 2.75) is 25.3 Å². The van der Waals surface area contributed by atoms with Crippen molar-refractivity contribution >= 4 is 11.8 Å². The minimum Gasteiger partial charge on any atom is -0.367 e. The first-order valence-electron chi connectivity index (χ1n) is 6.46. The van der Waals surface area contributed by atoms with Crippen LogP contribution in [0.5, 0.6) is 0 Å². The molecule has 1 aromatic rings. The zero-order chi connectivity index (χ0) is 12.5. The van der Waals surface area contributed by atoms with Crippen LogP contribution in [0, 0.1) is 5.92 Å². The molecule has 0 unspecified atom stereocenters. The maximum Gasteiger partial charge on any atom is 0.253 e. The van der Waals surface area contributed by atoms with Crippen LogP contribution in [-0.4, -0.2) is 40.8 Å². The maximum absolute atomic E-state index is 11.9. The van der Waals surface area contributed by atoms with Gasteiger partial charge in [-0.3, -0.25) is 9.59 Å². The van der Waals surface area contributed by atoms with Gasteiger partial charge in [-0.1, -0.05) is 0 Å². The molecule has 0 radical (unpaired) electrons. The molecule has 5 heteroatoms. The Hall–Kier alpha value is -1.78. The number of H-pyrrole nitrogens is 1. The Balaban J connectivity index is 1.53. The van der Waals surface area contributed by atoms with Gasteiger partial charge in [-0.2, -0.15) is 0 Å². The third-order valence-electron chi connectivity index (χ3n) is 3.74. The molecule has 1 saturated carbocycles. The number of hydrogen-bond donors (Lipinski definition) is 2. The highest BCUT2D eigenvalue weighted by Crippen LogP contribution is 2.29. The van der Waals surface area contributed by atoms with Crippen LogP contribution in [-0.2, 0) is 4.79 Å². The molecule has 18 heavy (non-hydrogen) atoms. The van der Waals surface area contributed by atoms with Crippen molar-refractivity contribution < 1.29 is 9.59 Å². The number of carbonyl (C=O) groups is 2. The Kier molecular flexibility index (Phi) is 2.81. The highest BCUT2D eigenvalue weighted by atomic mass is 16.2. The topological polar surface area (TPSA) is 65.0 Å². The second-order valence-electron chi connectivity index (χ2n) is 5.11. The predicted molar refractivity (Wildman–Crippen MR) is 66.0 cm³/mol. The number of nitrogens with one attached hydrogen (secondary N) is 2. The van der Waals surface area contributed by atoms with Crippen LogP contribution >= 0.6 is 0 Å². The van der Waals surface area contributed by atoms with Crippen molar-refractivity contribution in [2.24, 2.45) is 5.92 Å². The van der Waals surface area contributed by atoms with Gasteiger partial charge in [0.2, 0.25) is 5.91 Å². The van der Waals surface area contributed by atoms with Gasteiger partial charge in [-0.25, -0.2) is 0 Å². The van der Waals surface area contributed by atoms with Crippen LogP contribution in [0.3, 0.4) is 0 Å². The lowest BCUT2D eigenvalue weighted by atomic mass is 10.1. The molecule has 0 spiro atoms. The Labute approximate surface area is 106 Å². The molecule has 2 fully saturated rings. The highest BCUT2D eigenvalue weighted by molar-refractivity contribution is 5.94. The van der Waals surface area contributed by atoms with Gasteiger partial charge in [0.15, 0.2) is 0 Å². The third-order valence-corrected chi connectivity index (χ3v) is 3.74. The van der Waals surface area contributed by atoms with Crippen molar-refractivity contribution in [1.82, 2.24) is 15.2 Å². The fraction of sp³-hybridized carbons (Fsp3) is 0.538. The molecular formula is C13H17N3O2. The van der Waals surface area contributed by atoms with Crippen LogP contribution in [0.15, 0.2) is 18.5 Å². The number of amides is 2. The number of carbonyl (C=O) groups excluding carboxylic acids is 2. The van der Waals surface area contributed by atoms with E-state index in [0.29, 0.717) is 5.56 Å². The summed E-state index contributed by atoms with van der Waals surface area (Å²) in [7, 11) is 0. The zero-order valence-electron chi connectivity index (χ0n) is 10.2. The van der Waals surface area contributed by atoms with Gasteiger partial charge in [-0.15, -0.1) is 0 Å². The van der Waals surface area contributed by atoms with Crippen LogP contribution in [0.2, 0.25) is 0 Å². The highest BCUT2D eigenvalue weighted by Gasteiger charge is 2.36. The normalized spacial score (nSPS) is 26.1. The molecule has 1 aliphatic heterocycles. The molecule has 0 bridgehead atoms. The largest absolute Gasteiger partial charge is 0.367 e. The molecule has 0 aromatic carbocycles. The summed E-state index contributed by atoms with van der Waals surface area (Å²) in [6.07, 6.45) is 6.00. The second-order valence-corrected chi connectivity index (χ2v) is 5.11. The minimum atomic E-state index is -0.0546. The van der Waals surface area contributed by atoms with Gasteiger partial charge in [-0.05, 0) is 25.3 Å². The van der Waals surface area contributed by atoms with Crippen molar-refractivity contribution in [2.75, 3.05) is 13.1 Å². The summed E-state index contributed by atoms with van der Waals surface area (Å²) in [6.45, 7) is 1.82. The molecular weight excluding hydrogens is 230 g/mol. The quantitative estimate of drug-likeness (QED) is 0.774. The van der Waals surface area contributed by atoms with Gasteiger partial charge in [0, 0.05) is 37.4 Å². The maximum atomic E-state index is 11.9. The van der Waals surface area contributed by atoms with Crippen molar-refractivity contribution in [3.63, 3.8) is 0 Å². The van der Waals surface area contributed by atoms with E-state index in [2.05, 4.69) is 10.3 Å². The van der Waals surface area contributed by atoms with Gasteiger partial charge in [0.25, 0.3) is 5.91 Å². The molecule has 2 N–H and O–H groups in total.